The molecule has 0 saturated heterocycles. The summed E-state index contributed by atoms with van der Waals surface area (Å²) in [5.74, 6) is 0.608. The van der Waals surface area contributed by atoms with Crippen LogP contribution in [0.4, 0.5) is 5.69 Å². The summed E-state index contributed by atoms with van der Waals surface area (Å²) in [5, 5.41) is 2.83. The molecule has 1 aliphatic rings. The SMILES string of the molecule is Cc1cc(Br)cc2c1OC(CCN)C(=O)N2. The third kappa shape index (κ3) is 2.05. The van der Waals surface area contributed by atoms with Crippen LogP contribution in [0.2, 0.25) is 0 Å². The van der Waals surface area contributed by atoms with E-state index in [1.807, 2.05) is 19.1 Å². The van der Waals surface area contributed by atoms with E-state index in [2.05, 4.69) is 21.2 Å². The minimum atomic E-state index is -0.475. The zero-order chi connectivity index (χ0) is 11.7. The first-order valence-corrected chi connectivity index (χ1v) is 5.89. The lowest BCUT2D eigenvalue weighted by Gasteiger charge is -2.27. The van der Waals surface area contributed by atoms with Crippen LogP contribution < -0.4 is 15.8 Å². The summed E-state index contributed by atoms with van der Waals surface area (Å²) >= 11 is 3.38. The van der Waals surface area contributed by atoms with Crippen molar-refractivity contribution in [1.82, 2.24) is 0 Å². The summed E-state index contributed by atoms with van der Waals surface area (Å²) in [5.41, 5.74) is 7.14. The molecule has 0 fully saturated rings. The van der Waals surface area contributed by atoms with Crippen LogP contribution >= 0.6 is 15.9 Å². The standard InChI is InChI=1S/C11H13BrN2O2/c1-6-4-7(12)5-8-10(6)16-9(2-3-13)11(15)14-8/h4-5,9H,2-3,13H2,1H3,(H,14,15). The third-order valence-electron chi connectivity index (χ3n) is 2.48. The molecule has 1 aromatic rings. The number of nitrogens with two attached hydrogens (primary N) is 1. The number of halogens is 1. The largest absolute Gasteiger partial charge is 0.478 e. The molecule has 4 nitrogen and oxygen atoms in total. The molecule has 0 bridgehead atoms. The van der Waals surface area contributed by atoms with Gasteiger partial charge in [-0.3, -0.25) is 4.79 Å². The molecule has 16 heavy (non-hydrogen) atoms. The number of benzene rings is 1. The Labute approximate surface area is 102 Å². The van der Waals surface area contributed by atoms with Crippen LogP contribution in [0.5, 0.6) is 5.75 Å². The molecule has 3 N–H and O–H groups in total. The topological polar surface area (TPSA) is 64.3 Å². The summed E-state index contributed by atoms with van der Waals surface area (Å²) in [6.45, 7) is 2.38. The van der Waals surface area contributed by atoms with Crippen LogP contribution in [-0.4, -0.2) is 18.6 Å². The molecule has 2 rings (SSSR count). The van der Waals surface area contributed by atoms with Crippen LogP contribution in [0.3, 0.4) is 0 Å². The molecule has 86 valence electrons. The van der Waals surface area contributed by atoms with Gasteiger partial charge in [0.05, 0.1) is 5.69 Å². The molecule has 1 amide bonds. The van der Waals surface area contributed by atoms with Crippen molar-refractivity contribution in [2.45, 2.75) is 19.4 Å². The second-order valence-electron chi connectivity index (χ2n) is 3.77. The van der Waals surface area contributed by atoms with Gasteiger partial charge in [-0.05, 0) is 31.2 Å². The van der Waals surface area contributed by atoms with E-state index >= 15 is 0 Å². The number of carbonyl (C=O) groups is 1. The van der Waals surface area contributed by atoms with Gasteiger partial charge in [-0.1, -0.05) is 15.9 Å². The number of anilines is 1. The van der Waals surface area contributed by atoms with Gasteiger partial charge in [-0.15, -0.1) is 0 Å². The maximum Gasteiger partial charge on any atom is 0.265 e. The van der Waals surface area contributed by atoms with Gasteiger partial charge in [-0.25, -0.2) is 0 Å². The van der Waals surface area contributed by atoms with E-state index in [9.17, 15) is 4.79 Å². The number of hydrogen-bond acceptors (Lipinski definition) is 3. The number of ether oxygens (including phenoxy) is 1. The molecule has 1 atom stereocenters. The Morgan fingerprint density at radius 2 is 2.31 bits per heavy atom. The van der Waals surface area contributed by atoms with E-state index in [4.69, 9.17) is 10.5 Å². The normalized spacial score (nSPS) is 18.7. The van der Waals surface area contributed by atoms with E-state index in [1.54, 1.807) is 0 Å². The van der Waals surface area contributed by atoms with Gasteiger partial charge in [0.25, 0.3) is 5.91 Å². The second kappa shape index (κ2) is 4.43. The predicted octanol–water partition coefficient (Wildman–Crippen LogP) is 1.81. The van der Waals surface area contributed by atoms with Crippen LogP contribution in [0.1, 0.15) is 12.0 Å². The molecule has 1 unspecified atom stereocenters. The Morgan fingerprint density at radius 3 is 3.00 bits per heavy atom. The average molecular weight is 285 g/mol. The van der Waals surface area contributed by atoms with E-state index in [1.165, 1.54) is 0 Å². The maximum absolute atomic E-state index is 11.7. The minimum Gasteiger partial charge on any atom is -0.478 e. The fourth-order valence-electron chi connectivity index (χ4n) is 1.73. The summed E-state index contributed by atoms with van der Waals surface area (Å²) in [6.07, 6.45) is 0.0539. The van der Waals surface area contributed by atoms with Gasteiger partial charge in [0.15, 0.2) is 6.10 Å². The highest BCUT2D eigenvalue weighted by atomic mass is 79.9. The second-order valence-corrected chi connectivity index (χ2v) is 4.69. The van der Waals surface area contributed by atoms with Crippen molar-refractivity contribution in [3.63, 3.8) is 0 Å². The molecule has 5 heteroatoms. The lowest BCUT2D eigenvalue weighted by Crippen LogP contribution is -2.38. The zero-order valence-electron chi connectivity index (χ0n) is 8.92. The first-order chi connectivity index (χ1) is 7.61. The highest BCUT2D eigenvalue weighted by molar-refractivity contribution is 9.10. The Morgan fingerprint density at radius 1 is 1.56 bits per heavy atom. The summed E-state index contributed by atoms with van der Waals surface area (Å²) in [4.78, 5) is 11.7. The molecule has 1 aliphatic heterocycles. The Hall–Kier alpha value is -1.07. The molecule has 1 aromatic carbocycles. The fraction of sp³-hybridized carbons (Fsp3) is 0.364. The number of hydrogen-bond donors (Lipinski definition) is 2. The molecular weight excluding hydrogens is 272 g/mol. The summed E-state index contributed by atoms with van der Waals surface area (Å²) in [7, 11) is 0. The van der Waals surface area contributed by atoms with Crippen molar-refractivity contribution < 1.29 is 9.53 Å². The zero-order valence-corrected chi connectivity index (χ0v) is 10.5. The van der Waals surface area contributed by atoms with Crippen molar-refractivity contribution in [1.29, 1.82) is 0 Å². The van der Waals surface area contributed by atoms with Gasteiger partial charge in [0, 0.05) is 10.9 Å². The van der Waals surface area contributed by atoms with Crippen molar-refractivity contribution in [2.75, 3.05) is 11.9 Å². The molecule has 0 radical (unpaired) electrons. The Balaban J connectivity index is 2.35. The van der Waals surface area contributed by atoms with Crippen molar-refractivity contribution in [3.05, 3.63) is 22.2 Å². The molecule has 1 heterocycles. The van der Waals surface area contributed by atoms with Gasteiger partial charge in [-0.2, -0.15) is 0 Å². The number of carbonyl (C=O) groups excluding carboxylic acids is 1. The van der Waals surface area contributed by atoms with E-state index < -0.39 is 6.10 Å². The highest BCUT2D eigenvalue weighted by Crippen LogP contribution is 2.36. The number of aryl methyl sites for hydroxylation is 1. The number of amides is 1. The first kappa shape index (κ1) is 11.4. The lowest BCUT2D eigenvalue weighted by atomic mass is 10.1. The van der Waals surface area contributed by atoms with Crippen LogP contribution in [0.25, 0.3) is 0 Å². The van der Waals surface area contributed by atoms with E-state index in [0.717, 1.165) is 15.8 Å². The highest BCUT2D eigenvalue weighted by Gasteiger charge is 2.28. The molecule has 0 spiro atoms. The Kier molecular flexibility index (Phi) is 3.16. The van der Waals surface area contributed by atoms with Gasteiger partial charge in [0.1, 0.15) is 5.75 Å². The maximum atomic E-state index is 11.7. The number of fused-ring (bicyclic) bond motifs is 1. The van der Waals surface area contributed by atoms with Gasteiger partial charge < -0.3 is 15.8 Å². The number of nitrogens with one attached hydrogen (secondary N) is 1. The molecule has 0 saturated carbocycles. The number of rotatable bonds is 2. The first-order valence-electron chi connectivity index (χ1n) is 5.09. The van der Waals surface area contributed by atoms with Crippen molar-refractivity contribution in [2.24, 2.45) is 5.73 Å². The summed E-state index contributed by atoms with van der Waals surface area (Å²) in [6, 6.07) is 3.79. The average Bonchev–Trinajstić information content (AvgIpc) is 2.20. The molecule has 0 aromatic heterocycles. The fourth-order valence-corrected chi connectivity index (χ4v) is 2.30. The van der Waals surface area contributed by atoms with Crippen LogP contribution in [0, 0.1) is 6.92 Å². The van der Waals surface area contributed by atoms with Gasteiger partial charge in [0.2, 0.25) is 0 Å². The third-order valence-corrected chi connectivity index (χ3v) is 2.94. The summed E-state index contributed by atoms with van der Waals surface area (Å²) < 4.78 is 6.58. The smallest absolute Gasteiger partial charge is 0.265 e. The van der Waals surface area contributed by atoms with Crippen molar-refractivity contribution >= 4 is 27.5 Å². The monoisotopic (exact) mass is 284 g/mol. The van der Waals surface area contributed by atoms with Crippen LogP contribution in [-0.2, 0) is 4.79 Å². The van der Waals surface area contributed by atoms with Crippen molar-refractivity contribution in [3.8, 4) is 5.75 Å². The van der Waals surface area contributed by atoms with Gasteiger partial charge >= 0.3 is 0 Å². The molecule has 0 aliphatic carbocycles. The van der Waals surface area contributed by atoms with Crippen LogP contribution in [0.15, 0.2) is 16.6 Å². The quantitative estimate of drug-likeness (QED) is 0.871. The van der Waals surface area contributed by atoms with E-state index in [-0.39, 0.29) is 5.91 Å². The van der Waals surface area contributed by atoms with E-state index in [0.29, 0.717) is 18.7 Å². The minimum absolute atomic E-state index is 0.129. The lowest BCUT2D eigenvalue weighted by molar-refractivity contribution is -0.123. The molecular formula is C11H13BrN2O2. The Bertz CT molecular complexity index is 434. The predicted molar refractivity (Wildman–Crippen MR) is 65.6 cm³/mol.